The van der Waals surface area contributed by atoms with Gasteiger partial charge < -0.3 is 9.29 Å². The second-order valence-electron chi connectivity index (χ2n) is 6.03. The highest BCUT2D eigenvalue weighted by Gasteiger charge is 2.64. The van der Waals surface area contributed by atoms with E-state index in [4.69, 9.17) is 4.55 Å². The predicted molar refractivity (Wildman–Crippen MR) is 70.7 cm³/mol. The first-order chi connectivity index (χ1) is 11.5. The summed E-state index contributed by atoms with van der Waals surface area (Å²) < 4.78 is 167. The van der Waals surface area contributed by atoms with E-state index in [0.29, 0.717) is 0 Å². The van der Waals surface area contributed by atoms with Crippen molar-refractivity contribution in [3.05, 3.63) is 0 Å². The highest BCUT2D eigenvalue weighted by Crippen LogP contribution is 2.47. The minimum Gasteiger partial charge on any atom is -0.335 e. The van der Waals surface area contributed by atoms with Crippen LogP contribution in [-0.2, 0) is 15.8 Å². The number of alkyl halides is 11. The SMILES string of the molecule is CC(F)(F)C(F)(F)CC(F)(F)C(C)(F)OCC(F)(F)CC(F)(F)CS(=O)O. The molecule has 0 fully saturated rings. The Bertz CT molecular complexity index is 531. The fourth-order valence-electron chi connectivity index (χ4n) is 1.60. The summed E-state index contributed by atoms with van der Waals surface area (Å²) in [6.45, 7) is -3.20. The smallest absolute Gasteiger partial charge is 0.315 e. The van der Waals surface area contributed by atoms with Gasteiger partial charge in [-0.1, -0.05) is 0 Å². The molecule has 0 bridgehead atoms. The molecule has 0 aliphatic carbocycles. The van der Waals surface area contributed by atoms with Crippen molar-refractivity contribution < 1.29 is 61.8 Å². The van der Waals surface area contributed by atoms with E-state index in [1.165, 1.54) is 0 Å². The summed E-state index contributed by atoms with van der Waals surface area (Å²) in [5.41, 5.74) is 0. The second kappa shape index (κ2) is 7.97. The van der Waals surface area contributed by atoms with Crippen molar-refractivity contribution >= 4 is 11.1 Å². The van der Waals surface area contributed by atoms with Crippen molar-refractivity contribution in [2.45, 2.75) is 62.2 Å². The molecule has 0 aromatic heterocycles. The summed E-state index contributed by atoms with van der Waals surface area (Å²) in [6, 6.07) is 0. The number of rotatable bonds is 11. The molecule has 2 atom stereocenters. The minimum absolute atomic E-state index is 0.312. The van der Waals surface area contributed by atoms with Gasteiger partial charge in [-0.3, -0.25) is 0 Å². The molecule has 1 N–H and O–H groups in total. The third-order valence-corrected chi connectivity index (χ3v) is 3.82. The lowest BCUT2D eigenvalue weighted by atomic mass is 10.00. The monoisotopic (exact) mass is 448 g/mol. The first kappa shape index (κ1) is 26.3. The van der Waals surface area contributed by atoms with E-state index >= 15 is 0 Å². The lowest BCUT2D eigenvalue weighted by Gasteiger charge is -2.35. The lowest BCUT2D eigenvalue weighted by Crippen LogP contribution is -2.52. The van der Waals surface area contributed by atoms with Gasteiger partial charge in [-0.25, -0.2) is 43.7 Å². The Balaban J connectivity index is 5.16. The van der Waals surface area contributed by atoms with E-state index in [1.54, 1.807) is 0 Å². The van der Waals surface area contributed by atoms with Crippen molar-refractivity contribution in [2.75, 3.05) is 12.4 Å². The van der Waals surface area contributed by atoms with Crippen LogP contribution in [0.2, 0.25) is 0 Å². The van der Waals surface area contributed by atoms with Crippen LogP contribution in [0.15, 0.2) is 0 Å². The van der Waals surface area contributed by atoms with Crippen molar-refractivity contribution in [2.24, 2.45) is 0 Å². The summed E-state index contributed by atoms with van der Waals surface area (Å²) >= 11 is -3.20. The highest BCUT2D eigenvalue weighted by molar-refractivity contribution is 7.79. The van der Waals surface area contributed by atoms with E-state index in [0.717, 1.165) is 0 Å². The molecule has 0 rings (SSSR count). The molecule has 0 saturated heterocycles. The van der Waals surface area contributed by atoms with Crippen LogP contribution in [0.1, 0.15) is 26.7 Å². The van der Waals surface area contributed by atoms with Gasteiger partial charge in [0.05, 0.1) is 12.8 Å². The molecule has 0 radical (unpaired) electrons. The molecule has 27 heavy (non-hydrogen) atoms. The summed E-state index contributed by atoms with van der Waals surface area (Å²) in [5.74, 6) is -31.6. The van der Waals surface area contributed by atoms with Crippen LogP contribution in [0.5, 0.6) is 0 Å². The molecule has 3 nitrogen and oxygen atoms in total. The molecule has 164 valence electrons. The fraction of sp³-hybridized carbons (Fsp3) is 1.00. The molecular formula is C12H15F11O3S. The third-order valence-electron chi connectivity index (χ3n) is 3.15. The Hall–Kier alpha value is -0.700. The number of hydrogen-bond acceptors (Lipinski definition) is 2. The minimum atomic E-state index is -5.44. The molecule has 0 spiro atoms. The Labute approximate surface area is 148 Å². The molecule has 15 heteroatoms. The molecule has 0 saturated carbocycles. The predicted octanol–water partition coefficient (Wildman–Crippen LogP) is 4.89. The van der Waals surface area contributed by atoms with Crippen LogP contribution >= 0.6 is 0 Å². The lowest BCUT2D eigenvalue weighted by molar-refractivity contribution is -0.318. The maximum atomic E-state index is 13.8. The average molecular weight is 448 g/mol. The van der Waals surface area contributed by atoms with Gasteiger partial charge in [0.2, 0.25) is 0 Å². The normalized spacial score (nSPS) is 18.3. The van der Waals surface area contributed by atoms with Gasteiger partial charge in [0.1, 0.15) is 12.4 Å². The van der Waals surface area contributed by atoms with Crippen molar-refractivity contribution in [3.8, 4) is 0 Å². The molecule has 0 aliphatic heterocycles. The van der Waals surface area contributed by atoms with Crippen molar-refractivity contribution in [1.82, 2.24) is 0 Å². The maximum absolute atomic E-state index is 13.8. The molecule has 0 amide bonds. The standard InChI is InChI=1S/C12H15F11O3S/c1-7(13,14)11(20,21)4-12(22,23)8(2,15)26-5-9(16,17)3-10(18,19)6-27(24)25/h3-6H2,1-2H3,(H,24,25). The Kier molecular flexibility index (Phi) is 7.76. The van der Waals surface area contributed by atoms with Crippen LogP contribution in [-0.4, -0.2) is 56.6 Å². The van der Waals surface area contributed by atoms with E-state index in [1.807, 2.05) is 0 Å². The average Bonchev–Trinajstić information content (AvgIpc) is 2.30. The van der Waals surface area contributed by atoms with Gasteiger partial charge in [0, 0.05) is 13.8 Å². The van der Waals surface area contributed by atoms with Gasteiger partial charge in [-0.05, 0) is 0 Å². The van der Waals surface area contributed by atoms with Crippen LogP contribution < -0.4 is 0 Å². The molecule has 2 unspecified atom stereocenters. The van der Waals surface area contributed by atoms with Gasteiger partial charge in [-0.15, -0.1) is 0 Å². The first-order valence-electron chi connectivity index (χ1n) is 6.83. The topological polar surface area (TPSA) is 46.5 Å². The van der Waals surface area contributed by atoms with Crippen LogP contribution in [0.25, 0.3) is 0 Å². The van der Waals surface area contributed by atoms with Crippen molar-refractivity contribution in [3.63, 3.8) is 0 Å². The molecule has 0 heterocycles. The van der Waals surface area contributed by atoms with Crippen molar-refractivity contribution in [1.29, 1.82) is 0 Å². The van der Waals surface area contributed by atoms with Crippen LogP contribution in [0, 0.1) is 0 Å². The zero-order chi connectivity index (χ0) is 22.1. The van der Waals surface area contributed by atoms with E-state index in [9.17, 15) is 52.5 Å². The van der Waals surface area contributed by atoms with Gasteiger partial charge in [0.15, 0.2) is 11.1 Å². The first-order valence-corrected chi connectivity index (χ1v) is 8.11. The quantitative estimate of drug-likeness (QED) is 0.362. The van der Waals surface area contributed by atoms with Gasteiger partial charge >= 0.3 is 17.8 Å². The highest BCUT2D eigenvalue weighted by atomic mass is 32.2. The molecule has 0 aliphatic rings. The van der Waals surface area contributed by atoms with E-state index in [2.05, 4.69) is 4.74 Å². The Morgan fingerprint density at radius 2 is 1.22 bits per heavy atom. The van der Waals surface area contributed by atoms with Crippen LogP contribution in [0.3, 0.4) is 0 Å². The Morgan fingerprint density at radius 3 is 1.59 bits per heavy atom. The summed E-state index contributed by atoms with van der Waals surface area (Å²) in [7, 11) is 0. The Morgan fingerprint density at radius 1 is 0.778 bits per heavy atom. The van der Waals surface area contributed by atoms with Crippen LogP contribution in [0.4, 0.5) is 48.3 Å². The molecule has 0 aromatic rings. The van der Waals surface area contributed by atoms with E-state index < -0.39 is 78.7 Å². The summed E-state index contributed by atoms with van der Waals surface area (Å²) in [6.07, 6.45) is -5.61. The van der Waals surface area contributed by atoms with E-state index in [-0.39, 0.29) is 6.92 Å². The second-order valence-corrected chi connectivity index (χ2v) is 6.97. The van der Waals surface area contributed by atoms with Gasteiger partial charge in [-0.2, -0.15) is 8.78 Å². The zero-order valence-electron chi connectivity index (χ0n) is 13.7. The van der Waals surface area contributed by atoms with Gasteiger partial charge in [0.25, 0.3) is 17.7 Å². The summed E-state index contributed by atoms with van der Waals surface area (Å²) in [4.78, 5) is 0. The maximum Gasteiger partial charge on any atom is 0.315 e. The number of ether oxygens (including phenoxy) is 1. The number of hydrogen-bond donors (Lipinski definition) is 1. The number of halogens is 11. The molecular weight excluding hydrogens is 433 g/mol. The largest absolute Gasteiger partial charge is 0.335 e. The third kappa shape index (κ3) is 8.05. The molecule has 0 aromatic carbocycles. The fourth-order valence-corrected chi connectivity index (χ4v) is 2.06. The zero-order valence-corrected chi connectivity index (χ0v) is 14.5. The summed E-state index contributed by atoms with van der Waals surface area (Å²) in [5, 5.41) is 0.